The van der Waals surface area contributed by atoms with Gasteiger partial charge < -0.3 is 5.11 Å². The molecule has 0 aromatic carbocycles. The predicted molar refractivity (Wildman–Crippen MR) is 65.2 cm³/mol. The second-order valence-electron chi connectivity index (χ2n) is 4.43. The van der Waals surface area contributed by atoms with Crippen molar-refractivity contribution in [1.82, 2.24) is 4.90 Å². The Morgan fingerprint density at radius 3 is 2.81 bits per heavy atom. The summed E-state index contributed by atoms with van der Waals surface area (Å²) in [5.74, 6) is 0.515. The smallest absolute Gasteiger partial charge is 0.151 e. The monoisotopic (exact) mass is 249 g/mol. The summed E-state index contributed by atoms with van der Waals surface area (Å²) in [6.07, 6.45) is 4.11. The Balaban J connectivity index is 2.35. The first-order valence-electron chi connectivity index (χ1n) is 6.14. The number of hydrogen-bond acceptors (Lipinski definition) is 4. The average Bonchev–Trinajstić information content (AvgIpc) is 2.71. The molecule has 0 spiro atoms. The number of hydrogen-bond donors (Lipinski definition) is 1. The van der Waals surface area contributed by atoms with Crippen molar-refractivity contribution in [1.29, 1.82) is 0 Å². The lowest BCUT2D eigenvalue weighted by Crippen LogP contribution is -2.34. The first kappa shape index (κ1) is 13.9. The largest absolute Gasteiger partial charge is 0.396 e. The Morgan fingerprint density at radius 2 is 2.19 bits per heavy atom. The van der Waals surface area contributed by atoms with Crippen molar-refractivity contribution in [2.75, 3.05) is 31.2 Å². The van der Waals surface area contributed by atoms with Crippen LogP contribution in [0.3, 0.4) is 0 Å². The molecule has 1 aliphatic rings. The second kappa shape index (κ2) is 6.57. The standard InChI is InChI=1S/C11H23NO3S/c1-2-16(14,15)10-8-12-7-3-5-11(12)6-4-9-13/h11,13H,2-10H2,1H3. The lowest BCUT2D eigenvalue weighted by Gasteiger charge is -2.23. The molecule has 5 heteroatoms. The van der Waals surface area contributed by atoms with E-state index < -0.39 is 9.84 Å². The van der Waals surface area contributed by atoms with Crippen LogP contribution in [-0.2, 0) is 9.84 Å². The van der Waals surface area contributed by atoms with E-state index >= 15 is 0 Å². The molecule has 0 bridgehead atoms. The maximum absolute atomic E-state index is 11.4. The van der Waals surface area contributed by atoms with E-state index in [2.05, 4.69) is 4.90 Å². The van der Waals surface area contributed by atoms with E-state index in [0.717, 1.165) is 32.2 Å². The maximum Gasteiger partial charge on any atom is 0.151 e. The van der Waals surface area contributed by atoms with Crippen LogP contribution in [0.25, 0.3) is 0 Å². The zero-order valence-electron chi connectivity index (χ0n) is 10.1. The third kappa shape index (κ3) is 4.39. The van der Waals surface area contributed by atoms with E-state index in [9.17, 15) is 8.42 Å². The van der Waals surface area contributed by atoms with Gasteiger partial charge in [-0.05, 0) is 32.2 Å². The number of sulfone groups is 1. The molecule has 1 aliphatic heterocycles. The van der Waals surface area contributed by atoms with Crippen molar-refractivity contribution >= 4 is 9.84 Å². The topological polar surface area (TPSA) is 57.6 Å². The molecule has 1 fully saturated rings. The molecule has 0 aromatic heterocycles. The first-order valence-corrected chi connectivity index (χ1v) is 7.96. The van der Waals surface area contributed by atoms with Gasteiger partial charge in [-0.1, -0.05) is 6.92 Å². The van der Waals surface area contributed by atoms with E-state index in [0.29, 0.717) is 12.6 Å². The van der Waals surface area contributed by atoms with Gasteiger partial charge in [-0.25, -0.2) is 8.42 Å². The molecule has 4 nitrogen and oxygen atoms in total. The van der Waals surface area contributed by atoms with Gasteiger partial charge in [0, 0.05) is 24.9 Å². The van der Waals surface area contributed by atoms with Crippen molar-refractivity contribution < 1.29 is 13.5 Å². The molecule has 0 radical (unpaired) electrons. The van der Waals surface area contributed by atoms with Gasteiger partial charge in [0.1, 0.15) is 0 Å². The predicted octanol–water partition coefficient (Wildman–Crippen LogP) is 0.658. The number of aliphatic hydroxyl groups excluding tert-OH is 1. The quantitative estimate of drug-likeness (QED) is 0.720. The highest BCUT2D eigenvalue weighted by molar-refractivity contribution is 7.91. The van der Waals surface area contributed by atoms with Crippen molar-refractivity contribution in [3.05, 3.63) is 0 Å². The van der Waals surface area contributed by atoms with Crippen molar-refractivity contribution in [3.63, 3.8) is 0 Å². The van der Waals surface area contributed by atoms with Gasteiger partial charge in [0.2, 0.25) is 0 Å². The molecule has 1 heterocycles. The van der Waals surface area contributed by atoms with Crippen LogP contribution in [0.5, 0.6) is 0 Å². The van der Waals surface area contributed by atoms with E-state index in [-0.39, 0.29) is 18.1 Å². The molecule has 1 rings (SSSR count). The fourth-order valence-electron chi connectivity index (χ4n) is 2.24. The molecule has 1 atom stereocenters. The third-order valence-corrected chi connectivity index (χ3v) is 5.01. The van der Waals surface area contributed by atoms with Crippen molar-refractivity contribution in [2.24, 2.45) is 0 Å². The van der Waals surface area contributed by atoms with Crippen LogP contribution in [0.4, 0.5) is 0 Å². The van der Waals surface area contributed by atoms with Crippen LogP contribution in [0.15, 0.2) is 0 Å². The summed E-state index contributed by atoms with van der Waals surface area (Å²) in [7, 11) is -2.84. The van der Waals surface area contributed by atoms with Crippen LogP contribution in [-0.4, -0.2) is 55.7 Å². The molecular formula is C11H23NO3S. The summed E-state index contributed by atoms with van der Waals surface area (Å²) >= 11 is 0. The minimum atomic E-state index is -2.84. The van der Waals surface area contributed by atoms with Gasteiger partial charge in [-0.2, -0.15) is 0 Å². The molecule has 96 valence electrons. The summed E-state index contributed by atoms with van der Waals surface area (Å²) in [5, 5.41) is 8.80. The van der Waals surface area contributed by atoms with Crippen LogP contribution in [0, 0.1) is 0 Å². The van der Waals surface area contributed by atoms with Gasteiger partial charge in [0.25, 0.3) is 0 Å². The van der Waals surface area contributed by atoms with E-state index in [4.69, 9.17) is 5.11 Å². The summed E-state index contributed by atoms with van der Waals surface area (Å²) in [6, 6.07) is 0.485. The van der Waals surface area contributed by atoms with Crippen LogP contribution < -0.4 is 0 Å². The van der Waals surface area contributed by atoms with Gasteiger partial charge in [0.05, 0.1) is 5.75 Å². The van der Waals surface area contributed by atoms with E-state index in [1.165, 1.54) is 0 Å². The average molecular weight is 249 g/mol. The Hall–Kier alpha value is -0.130. The normalized spacial score (nSPS) is 22.8. The number of nitrogens with zero attached hydrogens (tertiary/aromatic N) is 1. The maximum atomic E-state index is 11.4. The summed E-state index contributed by atoms with van der Waals surface area (Å²) in [5.41, 5.74) is 0. The van der Waals surface area contributed by atoms with Gasteiger partial charge in [0.15, 0.2) is 9.84 Å². The molecule has 0 aromatic rings. The minimum absolute atomic E-state index is 0.234. The molecule has 1 saturated heterocycles. The molecule has 0 amide bonds. The number of likely N-dealkylation sites (tertiary alicyclic amines) is 1. The third-order valence-electron chi connectivity index (χ3n) is 3.32. The Labute approximate surface area is 98.6 Å². The summed E-state index contributed by atoms with van der Waals surface area (Å²) < 4.78 is 22.8. The van der Waals surface area contributed by atoms with Gasteiger partial charge in [-0.15, -0.1) is 0 Å². The zero-order valence-corrected chi connectivity index (χ0v) is 10.9. The second-order valence-corrected chi connectivity index (χ2v) is 6.91. The van der Waals surface area contributed by atoms with Crippen molar-refractivity contribution in [3.8, 4) is 0 Å². The fourth-order valence-corrected chi connectivity index (χ4v) is 3.05. The lowest BCUT2D eigenvalue weighted by atomic mass is 10.1. The Bertz CT molecular complexity index is 290. The molecule has 1 N–H and O–H groups in total. The van der Waals surface area contributed by atoms with Crippen molar-refractivity contribution in [2.45, 2.75) is 38.6 Å². The molecule has 0 saturated carbocycles. The minimum Gasteiger partial charge on any atom is -0.396 e. The van der Waals surface area contributed by atoms with Gasteiger partial charge >= 0.3 is 0 Å². The Kier molecular flexibility index (Phi) is 5.72. The molecule has 1 unspecified atom stereocenters. The van der Waals surface area contributed by atoms with E-state index in [1.54, 1.807) is 6.92 Å². The molecular weight excluding hydrogens is 226 g/mol. The van der Waals surface area contributed by atoms with E-state index in [1.807, 2.05) is 0 Å². The highest BCUT2D eigenvalue weighted by atomic mass is 32.2. The first-order chi connectivity index (χ1) is 7.59. The summed E-state index contributed by atoms with van der Waals surface area (Å²) in [6.45, 7) is 3.60. The zero-order chi connectivity index (χ0) is 12.0. The van der Waals surface area contributed by atoms with Crippen LogP contribution >= 0.6 is 0 Å². The lowest BCUT2D eigenvalue weighted by molar-refractivity contribution is 0.224. The molecule has 16 heavy (non-hydrogen) atoms. The Morgan fingerprint density at radius 1 is 1.44 bits per heavy atom. The number of aliphatic hydroxyl groups is 1. The van der Waals surface area contributed by atoms with Crippen LogP contribution in [0.1, 0.15) is 32.6 Å². The number of rotatable bonds is 7. The van der Waals surface area contributed by atoms with Crippen LogP contribution in [0.2, 0.25) is 0 Å². The fraction of sp³-hybridized carbons (Fsp3) is 1.00. The molecule has 0 aliphatic carbocycles. The highest BCUT2D eigenvalue weighted by Crippen LogP contribution is 2.20. The van der Waals surface area contributed by atoms with Gasteiger partial charge in [-0.3, -0.25) is 4.90 Å². The SMILES string of the molecule is CCS(=O)(=O)CCN1CCCC1CCCO. The highest BCUT2D eigenvalue weighted by Gasteiger charge is 2.24. The summed E-state index contributed by atoms with van der Waals surface area (Å²) in [4.78, 5) is 2.27.